The molecule has 0 N–H and O–H groups in total. The zero-order chi connectivity index (χ0) is 14.5. The van der Waals surface area contributed by atoms with Crippen molar-refractivity contribution >= 4 is 29.3 Å². The van der Waals surface area contributed by atoms with E-state index in [1.807, 2.05) is 31.2 Å². The summed E-state index contributed by atoms with van der Waals surface area (Å²) in [6.07, 6.45) is 0. The molecule has 0 spiro atoms. The van der Waals surface area contributed by atoms with Gasteiger partial charge in [0.1, 0.15) is 5.76 Å². The zero-order valence-electron chi connectivity index (χ0n) is 11.3. The number of carbonyl (C=O) groups excluding carboxylic acids is 1. The van der Waals surface area contributed by atoms with Crippen LogP contribution in [0.3, 0.4) is 0 Å². The predicted octanol–water partition coefficient (Wildman–Crippen LogP) is 4.71. The fraction of sp³-hybridized carbons (Fsp3) is 0.267. The number of thioether (sulfide) groups is 1. The average molecular weight is 311 g/mol. The highest BCUT2D eigenvalue weighted by molar-refractivity contribution is 7.98. The fourth-order valence-corrected chi connectivity index (χ4v) is 2.95. The molecular weight excluding hydrogens is 296 g/mol. The number of ether oxygens (including phenoxy) is 1. The number of hydrogen-bond acceptors (Lipinski definition) is 4. The lowest BCUT2D eigenvalue weighted by Gasteiger charge is -2.09. The Balaban J connectivity index is 1.98. The maximum atomic E-state index is 11.3. The molecule has 0 fully saturated rings. The van der Waals surface area contributed by atoms with Crippen LogP contribution in [0.15, 0.2) is 40.8 Å². The predicted molar refractivity (Wildman–Crippen MR) is 81.2 cm³/mol. The first-order valence-electron chi connectivity index (χ1n) is 6.15. The highest BCUT2D eigenvalue weighted by atomic mass is 35.5. The van der Waals surface area contributed by atoms with Gasteiger partial charge in [0.15, 0.2) is 0 Å². The molecule has 0 aliphatic carbocycles. The number of benzene rings is 1. The van der Waals surface area contributed by atoms with Gasteiger partial charge in [0, 0.05) is 10.8 Å². The molecule has 0 aliphatic rings. The minimum absolute atomic E-state index is 0.129. The molecule has 0 aliphatic heterocycles. The third kappa shape index (κ3) is 3.58. The maximum absolute atomic E-state index is 11.3. The van der Waals surface area contributed by atoms with Crippen LogP contribution in [-0.2, 0) is 10.5 Å². The molecule has 0 amide bonds. The topological polar surface area (TPSA) is 39.4 Å². The first-order chi connectivity index (χ1) is 9.61. The van der Waals surface area contributed by atoms with Gasteiger partial charge in [0.2, 0.25) is 5.76 Å². The molecule has 1 atom stereocenters. The molecule has 1 heterocycles. The summed E-state index contributed by atoms with van der Waals surface area (Å²) in [6.45, 7) is 2.03. The highest BCUT2D eigenvalue weighted by Crippen LogP contribution is 2.33. The molecule has 3 nitrogen and oxygen atoms in total. The van der Waals surface area contributed by atoms with Crippen molar-refractivity contribution in [1.82, 2.24) is 0 Å². The Labute approximate surface area is 127 Å². The molecule has 106 valence electrons. The Morgan fingerprint density at radius 1 is 1.35 bits per heavy atom. The van der Waals surface area contributed by atoms with Crippen molar-refractivity contribution in [2.75, 3.05) is 7.11 Å². The van der Waals surface area contributed by atoms with Crippen molar-refractivity contribution in [3.63, 3.8) is 0 Å². The second-order valence-electron chi connectivity index (χ2n) is 4.24. The van der Waals surface area contributed by atoms with E-state index in [1.54, 1.807) is 23.9 Å². The van der Waals surface area contributed by atoms with Gasteiger partial charge in [-0.1, -0.05) is 29.8 Å². The van der Waals surface area contributed by atoms with E-state index in [2.05, 4.69) is 4.74 Å². The Kier molecular flexibility index (Phi) is 5.15. The first kappa shape index (κ1) is 15.0. The second-order valence-corrected chi connectivity index (χ2v) is 5.97. The van der Waals surface area contributed by atoms with Crippen LogP contribution in [0.2, 0.25) is 5.02 Å². The van der Waals surface area contributed by atoms with E-state index in [4.69, 9.17) is 16.0 Å². The van der Waals surface area contributed by atoms with Gasteiger partial charge in [0.25, 0.3) is 0 Å². The molecule has 1 aromatic heterocycles. The molecule has 2 rings (SSSR count). The number of esters is 1. The van der Waals surface area contributed by atoms with Crippen LogP contribution in [0, 0.1) is 0 Å². The van der Waals surface area contributed by atoms with Gasteiger partial charge >= 0.3 is 5.97 Å². The van der Waals surface area contributed by atoms with Crippen molar-refractivity contribution in [2.45, 2.75) is 17.9 Å². The quantitative estimate of drug-likeness (QED) is 0.749. The molecule has 2 aromatic rings. The first-order valence-corrected chi connectivity index (χ1v) is 7.57. The number of furan rings is 1. The lowest BCUT2D eigenvalue weighted by molar-refractivity contribution is 0.0563. The number of carbonyl (C=O) groups is 1. The van der Waals surface area contributed by atoms with E-state index in [0.717, 1.165) is 22.1 Å². The molecule has 5 heteroatoms. The van der Waals surface area contributed by atoms with Crippen LogP contribution in [0.4, 0.5) is 0 Å². The summed E-state index contributed by atoms with van der Waals surface area (Å²) in [5.41, 5.74) is 1.09. The monoisotopic (exact) mass is 310 g/mol. The number of methoxy groups -OCH3 is 1. The molecule has 0 radical (unpaired) electrons. The van der Waals surface area contributed by atoms with Gasteiger partial charge in [-0.05, 0) is 30.7 Å². The summed E-state index contributed by atoms with van der Waals surface area (Å²) in [5, 5.41) is 0.895. The lowest BCUT2D eigenvalue weighted by atomic mass is 10.2. The normalized spacial score (nSPS) is 12.2. The van der Waals surface area contributed by atoms with E-state index in [0.29, 0.717) is 0 Å². The van der Waals surface area contributed by atoms with Crippen molar-refractivity contribution < 1.29 is 13.9 Å². The average Bonchev–Trinajstić information content (AvgIpc) is 2.95. The molecule has 1 unspecified atom stereocenters. The van der Waals surface area contributed by atoms with Gasteiger partial charge in [-0.25, -0.2) is 4.79 Å². The SMILES string of the molecule is COC(=O)c1ccc(C(C)SCc2ccccc2Cl)o1. The molecular formula is C15H15ClO3S. The van der Waals surface area contributed by atoms with Gasteiger partial charge in [-0.3, -0.25) is 0 Å². The number of hydrogen-bond donors (Lipinski definition) is 0. The summed E-state index contributed by atoms with van der Waals surface area (Å²) in [6, 6.07) is 11.2. The summed E-state index contributed by atoms with van der Waals surface area (Å²) < 4.78 is 10.1. The third-order valence-electron chi connectivity index (χ3n) is 2.86. The van der Waals surface area contributed by atoms with Crippen LogP contribution in [0.25, 0.3) is 0 Å². The van der Waals surface area contributed by atoms with Crippen LogP contribution >= 0.6 is 23.4 Å². The van der Waals surface area contributed by atoms with Crippen LogP contribution < -0.4 is 0 Å². The van der Waals surface area contributed by atoms with Gasteiger partial charge in [-0.15, -0.1) is 11.8 Å². The number of rotatable bonds is 5. The zero-order valence-corrected chi connectivity index (χ0v) is 12.8. The Morgan fingerprint density at radius 3 is 2.80 bits per heavy atom. The summed E-state index contributed by atoms with van der Waals surface area (Å²) in [7, 11) is 1.33. The van der Waals surface area contributed by atoms with E-state index >= 15 is 0 Å². The molecule has 0 bridgehead atoms. The minimum Gasteiger partial charge on any atom is -0.463 e. The van der Waals surface area contributed by atoms with Crippen molar-refractivity contribution in [1.29, 1.82) is 0 Å². The summed E-state index contributed by atoms with van der Waals surface area (Å²) in [4.78, 5) is 11.3. The third-order valence-corrected chi connectivity index (χ3v) is 4.44. The molecule has 1 aromatic carbocycles. The lowest BCUT2D eigenvalue weighted by Crippen LogP contribution is -1.98. The van der Waals surface area contributed by atoms with E-state index in [-0.39, 0.29) is 11.0 Å². The van der Waals surface area contributed by atoms with E-state index in [1.165, 1.54) is 7.11 Å². The van der Waals surface area contributed by atoms with Gasteiger partial charge < -0.3 is 9.15 Å². The largest absolute Gasteiger partial charge is 0.463 e. The standard InChI is InChI=1S/C15H15ClO3S/c1-10(13-7-8-14(19-13)15(17)18-2)20-9-11-5-3-4-6-12(11)16/h3-8,10H,9H2,1-2H3. The Morgan fingerprint density at radius 2 is 2.10 bits per heavy atom. The van der Waals surface area contributed by atoms with Crippen molar-refractivity contribution in [3.05, 3.63) is 58.5 Å². The van der Waals surface area contributed by atoms with Crippen LogP contribution in [-0.4, -0.2) is 13.1 Å². The van der Waals surface area contributed by atoms with Crippen molar-refractivity contribution in [2.24, 2.45) is 0 Å². The maximum Gasteiger partial charge on any atom is 0.373 e. The van der Waals surface area contributed by atoms with Crippen molar-refractivity contribution in [3.8, 4) is 0 Å². The van der Waals surface area contributed by atoms with E-state index < -0.39 is 5.97 Å². The Hall–Kier alpha value is -1.39. The van der Waals surface area contributed by atoms with Crippen LogP contribution in [0.5, 0.6) is 0 Å². The van der Waals surface area contributed by atoms with Gasteiger partial charge in [0.05, 0.1) is 12.4 Å². The summed E-state index contributed by atoms with van der Waals surface area (Å²) >= 11 is 7.82. The minimum atomic E-state index is -0.459. The molecule has 0 saturated heterocycles. The molecule has 0 saturated carbocycles. The van der Waals surface area contributed by atoms with Crippen LogP contribution in [0.1, 0.15) is 34.1 Å². The Bertz CT molecular complexity index is 594. The van der Waals surface area contributed by atoms with E-state index in [9.17, 15) is 4.79 Å². The fourth-order valence-electron chi connectivity index (χ4n) is 1.69. The smallest absolute Gasteiger partial charge is 0.373 e. The number of halogens is 1. The highest BCUT2D eigenvalue weighted by Gasteiger charge is 2.16. The van der Waals surface area contributed by atoms with Gasteiger partial charge in [-0.2, -0.15) is 0 Å². The molecule has 20 heavy (non-hydrogen) atoms. The summed E-state index contributed by atoms with van der Waals surface area (Å²) in [5.74, 6) is 1.31. The second kappa shape index (κ2) is 6.86.